The molecule has 0 bridgehead atoms. The topological polar surface area (TPSA) is 26.3 Å². The van der Waals surface area contributed by atoms with E-state index in [1.807, 2.05) is 45.3 Å². The zero-order valence-electron chi connectivity index (χ0n) is 18.2. The molecule has 2 nitrogen and oxygen atoms in total. The third-order valence-electron chi connectivity index (χ3n) is 6.37. The van der Waals surface area contributed by atoms with Gasteiger partial charge in [0.05, 0.1) is 10.8 Å². The van der Waals surface area contributed by atoms with Gasteiger partial charge in [0.1, 0.15) is 11.2 Å². The number of aryl methyl sites for hydroxylation is 2. The molecule has 0 radical (unpaired) electrons. The number of hydrogen-bond acceptors (Lipinski definition) is 6. The van der Waals surface area contributed by atoms with Crippen molar-refractivity contribution >= 4 is 98.6 Å². The lowest BCUT2D eigenvalue weighted by Gasteiger charge is -1.93. The number of fused-ring (bicyclic) bond motifs is 9. The molecule has 0 amide bonds. The highest BCUT2D eigenvalue weighted by Crippen LogP contribution is 2.46. The lowest BCUT2D eigenvalue weighted by atomic mass is 10.1. The largest absolute Gasteiger partial charge is 0.451 e. The molecule has 0 unspecified atom stereocenters. The maximum Gasteiger partial charge on any atom is 0.181 e. The Labute approximate surface area is 210 Å². The molecule has 164 valence electrons. The molecule has 0 N–H and O–H groups in total. The van der Waals surface area contributed by atoms with E-state index in [0.717, 1.165) is 43.9 Å². The summed E-state index contributed by atoms with van der Waals surface area (Å²) in [4.78, 5) is 7.85. The Morgan fingerprint density at radius 2 is 0.912 bits per heavy atom. The quantitative estimate of drug-likeness (QED) is 0.230. The first-order chi connectivity index (χ1) is 16.6. The Kier molecular flexibility index (Phi) is 3.90. The van der Waals surface area contributed by atoms with Gasteiger partial charge in [-0.15, -0.1) is 45.3 Å². The minimum Gasteiger partial charge on any atom is -0.451 e. The van der Waals surface area contributed by atoms with Crippen LogP contribution in [0, 0.1) is 13.8 Å². The lowest BCUT2D eigenvalue weighted by Crippen LogP contribution is -1.68. The van der Waals surface area contributed by atoms with E-state index in [1.165, 1.54) is 38.7 Å². The Balaban J connectivity index is 1.37. The third kappa shape index (κ3) is 2.65. The summed E-state index contributed by atoms with van der Waals surface area (Å²) >= 11 is 7.31. The van der Waals surface area contributed by atoms with Crippen LogP contribution in [0.3, 0.4) is 0 Å². The van der Waals surface area contributed by atoms with Crippen LogP contribution in [0.1, 0.15) is 9.75 Å². The van der Waals surface area contributed by atoms with Crippen molar-refractivity contribution in [3.05, 3.63) is 70.4 Å². The molecule has 0 aliphatic rings. The fourth-order valence-corrected chi connectivity index (χ4v) is 8.80. The highest BCUT2D eigenvalue weighted by Gasteiger charge is 2.21. The van der Waals surface area contributed by atoms with Crippen LogP contribution in [0.2, 0.25) is 0 Å². The molecular formula is C28H16O2S4. The van der Waals surface area contributed by atoms with E-state index >= 15 is 0 Å². The predicted octanol–water partition coefficient (Wildman–Crippen LogP) is 10.8. The summed E-state index contributed by atoms with van der Waals surface area (Å²) in [6.07, 6.45) is 0. The summed E-state index contributed by atoms with van der Waals surface area (Å²) in [5, 5.41) is 4.41. The number of rotatable bonds is 2. The van der Waals surface area contributed by atoms with Gasteiger partial charge in [-0.25, -0.2) is 0 Å². The smallest absolute Gasteiger partial charge is 0.181 e. The molecule has 0 saturated heterocycles. The van der Waals surface area contributed by atoms with Crippen LogP contribution in [0.25, 0.3) is 72.8 Å². The van der Waals surface area contributed by atoms with Crippen molar-refractivity contribution in [1.29, 1.82) is 0 Å². The molecule has 0 aliphatic heterocycles. The van der Waals surface area contributed by atoms with Crippen molar-refractivity contribution in [1.82, 2.24) is 0 Å². The van der Waals surface area contributed by atoms with Gasteiger partial charge in [0, 0.05) is 49.4 Å². The van der Waals surface area contributed by atoms with Gasteiger partial charge in [-0.2, -0.15) is 0 Å². The van der Waals surface area contributed by atoms with Crippen LogP contribution in [-0.4, -0.2) is 0 Å². The van der Waals surface area contributed by atoms with Gasteiger partial charge in [-0.1, -0.05) is 0 Å². The van der Waals surface area contributed by atoms with Crippen molar-refractivity contribution in [3.63, 3.8) is 0 Å². The molecule has 6 heterocycles. The molecule has 6 aromatic heterocycles. The van der Waals surface area contributed by atoms with Gasteiger partial charge in [0.2, 0.25) is 0 Å². The minimum atomic E-state index is 0.846. The molecule has 0 aliphatic carbocycles. The average Bonchev–Trinajstić information content (AvgIpc) is 3.62. The Morgan fingerprint density at radius 1 is 0.441 bits per heavy atom. The first-order valence-corrected chi connectivity index (χ1v) is 14.3. The third-order valence-corrected chi connectivity index (χ3v) is 11.0. The van der Waals surface area contributed by atoms with E-state index in [9.17, 15) is 0 Å². The first kappa shape index (κ1) is 19.4. The van der Waals surface area contributed by atoms with Gasteiger partial charge >= 0.3 is 0 Å². The van der Waals surface area contributed by atoms with E-state index in [-0.39, 0.29) is 0 Å². The summed E-state index contributed by atoms with van der Waals surface area (Å²) in [6.45, 7) is 4.31. The average molecular weight is 513 g/mol. The van der Waals surface area contributed by atoms with E-state index in [0.29, 0.717) is 0 Å². The van der Waals surface area contributed by atoms with Gasteiger partial charge in [-0.3, -0.25) is 0 Å². The second kappa shape index (κ2) is 6.83. The van der Waals surface area contributed by atoms with Crippen molar-refractivity contribution in [3.8, 4) is 19.5 Å². The lowest BCUT2D eigenvalue weighted by molar-refractivity contribution is 0.656. The number of furan rings is 2. The second-order valence-electron chi connectivity index (χ2n) is 8.61. The minimum absolute atomic E-state index is 0.846. The van der Waals surface area contributed by atoms with Crippen LogP contribution in [0.15, 0.2) is 69.5 Å². The molecule has 2 aromatic carbocycles. The standard InChI is InChI=1S/C28H16O2S4/c1-13-3-7-21(31-13)23-11-17-19(33-23)9-5-15-25(17)29-28-16-6-10-20-18(26(16)30-27(15)28)12-24(34-20)22-8-4-14(2)32-22/h3-12H,1-2H3. The van der Waals surface area contributed by atoms with E-state index in [2.05, 4.69) is 74.5 Å². The van der Waals surface area contributed by atoms with Crippen LogP contribution >= 0.6 is 45.3 Å². The molecular weight excluding hydrogens is 497 g/mol. The molecule has 34 heavy (non-hydrogen) atoms. The van der Waals surface area contributed by atoms with Gasteiger partial charge in [0.25, 0.3) is 0 Å². The summed E-state index contributed by atoms with van der Waals surface area (Å²) in [5.74, 6) is 0. The zero-order valence-corrected chi connectivity index (χ0v) is 21.5. The Hall–Kier alpha value is -2.90. The SMILES string of the molecule is Cc1ccc(-c2cc3c(ccc4c3oc3c5ccc6sc(-c7ccc(C)s7)cc6c5oc43)s2)s1. The number of benzene rings is 2. The molecule has 8 aromatic rings. The fourth-order valence-electron chi connectivity index (χ4n) is 4.78. The highest BCUT2D eigenvalue weighted by molar-refractivity contribution is 7.26. The molecule has 0 fully saturated rings. The number of hydrogen-bond donors (Lipinski definition) is 0. The number of thiophene rings is 4. The van der Waals surface area contributed by atoms with Crippen molar-refractivity contribution in [2.24, 2.45) is 0 Å². The highest BCUT2D eigenvalue weighted by atomic mass is 32.1. The normalized spacial score (nSPS) is 12.4. The first-order valence-electron chi connectivity index (χ1n) is 11.0. The maximum atomic E-state index is 6.54. The van der Waals surface area contributed by atoms with Crippen molar-refractivity contribution < 1.29 is 8.83 Å². The second-order valence-corrected chi connectivity index (χ2v) is 13.4. The molecule has 0 spiro atoms. The zero-order chi connectivity index (χ0) is 22.6. The van der Waals surface area contributed by atoms with Crippen LogP contribution < -0.4 is 0 Å². The monoisotopic (exact) mass is 512 g/mol. The van der Waals surface area contributed by atoms with E-state index in [4.69, 9.17) is 8.83 Å². The summed E-state index contributed by atoms with van der Waals surface area (Å²) in [7, 11) is 0. The van der Waals surface area contributed by atoms with Gasteiger partial charge in [0.15, 0.2) is 11.2 Å². The van der Waals surface area contributed by atoms with Crippen LogP contribution in [0.5, 0.6) is 0 Å². The maximum absolute atomic E-state index is 6.54. The van der Waals surface area contributed by atoms with Crippen molar-refractivity contribution in [2.45, 2.75) is 13.8 Å². The summed E-state index contributed by atoms with van der Waals surface area (Å²) in [5.41, 5.74) is 3.53. The molecule has 0 atom stereocenters. The van der Waals surface area contributed by atoms with Crippen LogP contribution in [-0.2, 0) is 0 Å². The summed E-state index contributed by atoms with van der Waals surface area (Å²) < 4.78 is 15.6. The predicted molar refractivity (Wildman–Crippen MR) is 150 cm³/mol. The van der Waals surface area contributed by atoms with E-state index < -0.39 is 0 Å². The molecule has 0 saturated carbocycles. The fraction of sp³-hybridized carbons (Fsp3) is 0.0714. The van der Waals surface area contributed by atoms with Crippen molar-refractivity contribution in [2.75, 3.05) is 0 Å². The summed E-state index contributed by atoms with van der Waals surface area (Å²) in [6, 6.07) is 22.0. The van der Waals surface area contributed by atoms with Crippen LogP contribution in [0.4, 0.5) is 0 Å². The van der Waals surface area contributed by atoms with E-state index in [1.54, 1.807) is 0 Å². The van der Waals surface area contributed by atoms with Gasteiger partial charge < -0.3 is 8.83 Å². The van der Waals surface area contributed by atoms with Gasteiger partial charge in [-0.05, 0) is 74.5 Å². The Morgan fingerprint density at radius 3 is 1.32 bits per heavy atom. The Bertz CT molecular complexity index is 1900. The molecule has 8 rings (SSSR count). The molecule has 6 heteroatoms.